The summed E-state index contributed by atoms with van der Waals surface area (Å²) in [4.78, 5) is 25.7. The molecule has 0 aromatic heterocycles. The number of nitrogens with zero attached hydrogens (tertiary/aromatic N) is 2. The van der Waals surface area contributed by atoms with Crippen LogP contribution < -0.4 is 0 Å². The van der Waals surface area contributed by atoms with Gasteiger partial charge in [-0.05, 0) is 30.7 Å². The average Bonchev–Trinajstić information content (AvgIpc) is 2.75. The summed E-state index contributed by atoms with van der Waals surface area (Å²) in [6, 6.07) is 6.38. The van der Waals surface area contributed by atoms with E-state index < -0.39 is 15.9 Å². The summed E-state index contributed by atoms with van der Waals surface area (Å²) in [7, 11) is -2.22. The molecule has 0 spiro atoms. The van der Waals surface area contributed by atoms with Crippen molar-refractivity contribution in [3.05, 3.63) is 35.9 Å². The first-order valence-electron chi connectivity index (χ1n) is 9.52. The molecule has 0 saturated carbocycles. The van der Waals surface area contributed by atoms with Gasteiger partial charge in [0.15, 0.2) is 0 Å². The Balaban J connectivity index is 2.03. The fourth-order valence-electron chi connectivity index (χ4n) is 2.94. The van der Waals surface area contributed by atoms with Crippen molar-refractivity contribution in [1.82, 2.24) is 9.21 Å². The predicted molar refractivity (Wildman–Crippen MR) is 108 cm³/mol. The number of rotatable bonds is 8. The molecule has 0 aliphatic carbocycles. The molecule has 160 valence electrons. The Morgan fingerprint density at radius 1 is 1.24 bits per heavy atom. The number of morpholine rings is 1. The van der Waals surface area contributed by atoms with Gasteiger partial charge in [0.2, 0.25) is 15.9 Å². The standard InChI is InChI=1S/C20H28N2O6S/c1-4-21(15-16(2)20(24)27-3)19(23)10-7-17-5-8-18(9-6-17)29(25,26)22-11-13-28-14-12-22/h5-10,16H,4,11-15H2,1-3H3/b10-7+. The maximum atomic E-state index is 12.6. The minimum absolute atomic E-state index is 0.213. The minimum atomic E-state index is -3.54. The van der Waals surface area contributed by atoms with Crippen molar-refractivity contribution in [2.75, 3.05) is 46.5 Å². The quantitative estimate of drug-likeness (QED) is 0.462. The number of amides is 1. The van der Waals surface area contributed by atoms with E-state index >= 15 is 0 Å². The molecule has 1 amide bonds. The Kier molecular flexibility index (Phi) is 8.36. The molecule has 1 aromatic rings. The lowest BCUT2D eigenvalue weighted by atomic mass is 10.1. The first-order chi connectivity index (χ1) is 13.8. The number of benzene rings is 1. The Labute approximate surface area is 172 Å². The van der Waals surface area contributed by atoms with E-state index in [1.807, 2.05) is 6.92 Å². The highest BCUT2D eigenvalue weighted by Crippen LogP contribution is 2.18. The third-order valence-electron chi connectivity index (χ3n) is 4.70. The van der Waals surface area contributed by atoms with Gasteiger partial charge in [-0.15, -0.1) is 0 Å². The van der Waals surface area contributed by atoms with Gasteiger partial charge in [-0.1, -0.05) is 19.1 Å². The molecular formula is C20H28N2O6S. The number of hydrogen-bond donors (Lipinski definition) is 0. The van der Waals surface area contributed by atoms with E-state index in [4.69, 9.17) is 9.47 Å². The summed E-state index contributed by atoms with van der Waals surface area (Å²) in [6.07, 6.45) is 3.04. The van der Waals surface area contributed by atoms with Crippen LogP contribution in [0.15, 0.2) is 35.2 Å². The summed E-state index contributed by atoms with van der Waals surface area (Å²) in [5, 5.41) is 0. The Morgan fingerprint density at radius 3 is 2.41 bits per heavy atom. The molecule has 1 aliphatic rings. The van der Waals surface area contributed by atoms with Gasteiger partial charge in [-0.3, -0.25) is 9.59 Å². The van der Waals surface area contributed by atoms with Gasteiger partial charge in [0.05, 0.1) is 31.1 Å². The third-order valence-corrected chi connectivity index (χ3v) is 6.61. The highest BCUT2D eigenvalue weighted by Gasteiger charge is 2.26. The van der Waals surface area contributed by atoms with Crippen LogP contribution in [0.5, 0.6) is 0 Å². The number of ether oxygens (including phenoxy) is 2. The first-order valence-corrected chi connectivity index (χ1v) is 11.0. The van der Waals surface area contributed by atoms with E-state index in [9.17, 15) is 18.0 Å². The van der Waals surface area contributed by atoms with E-state index in [1.54, 1.807) is 30.0 Å². The number of esters is 1. The number of sulfonamides is 1. The van der Waals surface area contributed by atoms with Crippen LogP contribution >= 0.6 is 0 Å². The van der Waals surface area contributed by atoms with Gasteiger partial charge in [0.25, 0.3) is 0 Å². The van der Waals surface area contributed by atoms with Crippen molar-refractivity contribution in [2.45, 2.75) is 18.7 Å². The zero-order valence-electron chi connectivity index (χ0n) is 17.0. The van der Waals surface area contributed by atoms with E-state index in [0.717, 1.165) is 0 Å². The Hall–Kier alpha value is -2.23. The molecule has 8 nitrogen and oxygen atoms in total. The van der Waals surface area contributed by atoms with Gasteiger partial charge in [0.1, 0.15) is 0 Å². The smallest absolute Gasteiger partial charge is 0.310 e. The van der Waals surface area contributed by atoms with Gasteiger partial charge < -0.3 is 14.4 Å². The lowest BCUT2D eigenvalue weighted by molar-refractivity contribution is -0.146. The van der Waals surface area contributed by atoms with Gasteiger partial charge in [-0.2, -0.15) is 4.31 Å². The minimum Gasteiger partial charge on any atom is -0.469 e. The fraction of sp³-hybridized carbons (Fsp3) is 0.500. The van der Waals surface area contributed by atoms with E-state index in [0.29, 0.717) is 38.4 Å². The summed E-state index contributed by atoms with van der Waals surface area (Å²) in [5.74, 6) is -1.01. The van der Waals surface area contributed by atoms with Gasteiger partial charge in [-0.25, -0.2) is 8.42 Å². The third kappa shape index (κ3) is 6.12. The summed E-state index contributed by atoms with van der Waals surface area (Å²) < 4.78 is 36.6. The van der Waals surface area contributed by atoms with Crippen LogP contribution in [0.1, 0.15) is 19.4 Å². The monoisotopic (exact) mass is 424 g/mol. The molecule has 1 unspecified atom stereocenters. The van der Waals surface area contributed by atoms with Crippen molar-refractivity contribution in [1.29, 1.82) is 0 Å². The Morgan fingerprint density at radius 2 is 1.86 bits per heavy atom. The van der Waals surface area contributed by atoms with Crippen molar-refractivity contribution in [3.63, 3.8) is 0 Å². The zero-order valence-corrected chi connectivity index (χ0v) is 17.9. The number of carbonyl (C=O) groups is 2. The topological polar surface area (TPSA) is 93.2 Å². The molecule has 1 saturated heterocycles. The van der Waals surface area contributed by atoms with Crippen LogP contribution in [0.3, 0.4) is 0 Å². The predicted octanol–water partition coefficient (Wildman–Crippen LogP) is 1.38. The maximum Gasteiger partial charge on any atom is 0.310 e. The second kappa shape index (κ2) is 10.5. The van der Waals surface area contributed by atoms with Gasteiger partial charge in [0, 0.05) is 32.3 Å². The molecule has 2 rings (SSSR count). The largest absolute Gasteiger partial charge is 0.469 e. The normalized spacial score (nSPS) is 16.5. The second-order valence-corrected chi connectivity index (χ2v) is 8.66. The Bertz CT molecular complexity index is 829. The molecule has 1 aromatic carbocycles. The van der Waals surface area contributed by atoms with Crippen LogP contribution in [-0.2, 0) is 29.1 Å². The summed E-state index contributed by atoms with van der Waals surface area (Å²) in [5.41, 5.74) is 0.705. The highest BCUT2D eigenvalue weighted by atomic mass is 32.2. The van der Waals surface area contributed by atoms with Crippen LogP contribution in [0.4, 0.5) is 0 Å². The van der Waals surface area contributed by atoms with E-state index in [-0.39, 0.29) is 23.3 Å². The van der Waals surface area contributed by atoms with Gasteiger partial charge >= 0.3 is 5.97 Å². The molecule has 0 N–H and O–H groups in total. The molecule has 1 fully saturated rings. The van der Waals surface area contributed by atoms with E-state index in [2.05, 4.69) is 0 Å². The van der Waals surface area contributed by atoms with Crippen molar-refractivity contribution in [3.8, 4) is 0 Å². The molecule has 0 bridgehead atoms. The second-order valence-electron chi connectivity index (χ2n) is 6.72. The van der Waals surface area contributed by atoms with Crippen LogP contribution in [0.2, 0.25) is 0 Å². The van der Waals surface area contributed by atoms with Crippen molar-refractivity contribution in [2.24, 2.45) is 5.92 Å². The molecule has 9 heteroatoms. The number of hydrogen-bond acceptors (Lipinski definition) is 6. The fourth-order valence-corrected chi connectivity index (χ4v) is 4.35. The highest BCUT2D eigenvalue weighted by molar-refractivity contribution is 7.89. The lowest BCUT2D eigenvalue weighted by Crippen LogP contribution is -2.40. The molecule has 1 heterocycles. The number of carbonyl (C=O) groups excluding carboxylic acids is 2. The number of likely N-dealkylation sites (N-methyl/N-ethyl adjacent to an activating group) is 1. The molecule has 1 aliphatic heterocycles. The molecular weight excluding hydrogens is 396 g/mol. The van der Waals surface area contributed by atoms with E-state index in [1.165, 1.54) is 29.6 Å². The summed E-state index contributed by atoms with van der Waals surface area (Å²) in [6.45, 7) is 5.74. The lowest BCUT2D eigenvalue weighted by Gasteiger charge is -2.26. The van der Waals surface area contributed by atoms with Crippen molar-refractivity contribution < 1.29 is 27.5 Å². The van der Waals surface area contributed by atoms with Crippen LogP contribution in [-0.4, -0.2) is 76.0 Å². The molecule has 29 heavy (non-hydrogen) atoms. The van der Waals surface area contributed by atoms with Crippen LogP contribution in [0, 0.1) is 5.92 Å². The average molecular weight is 425 g/mol. The summed E-state index contributed by atoms with van der Waals surface area (Å²) >= 11 is 0. The van der Waals surface area contributed by atoms with Crippen molar-refractivity contribution >= 4 is 28.0 Å². The zero-order chi connectivity index (χ0) is 21.4. The molecule has 1 atom stereocenters. The van der Waals surface area contributed by atoms with Crippen LogP contribution in [0.25, 0.3) is 6.08 Å². The number of methoxy groups -OCH3 is 1. The SMILES string of the molecule is CCN(CC(C)C(=O)OC)C(=O)/C=C/c1ccc(S(=O)(=O)N2CCOCC2)cc1. The molecule has 0 radical (unpaired) electrons. The maximum absolute atomic E-state index is 12.6. The first kappa shape index (κ1) is 23.1.